The molecule has 1 aromatic heterocycles. The quantitative estimate of drug-likeness (QED) is 0.775. The summed E-state index contributed by atoms with van der Waals surface area (Å²) in [5, 5.41) is 0. The van der Waals surface area contributed by atoms with Crippen molar-refractivity contribution < 1.29 is 18.0 Å². The lowest BCUT2D eigenvalue weighted by Crippen LogP contribution is -2.44. The number of furan rings is 1. The van der Waals surface area contributed by atoms with Crippen LogP contribution < -0.4 is 0 Å². The summed E-state index contributed by atoms with van der Waals surface area (Å²) in [5.74, 6) is 0.288. The van der Waals surface area contributed by atoms with Crippen molar-refractivity contribution in [3.8, 4) is 0 Å². The largest absolute Gasteiger partial charge is 0.456 e. The molecule has 1 amide bonds. The maximum Gasteiger partial charge on any atom is 0.289 e. The van der Waals surface area contributed by atoms with Gasteiger partial charge in [-0.15, -0.1) is 0 Å². The van der Waals surface area contributed by atoms with Crippen LogP contribution in [-0.4, -0.2) is 40.9 Å². The molecule has 2 saturated heterocycles. The molecule has 150 valence electrons. The van der Waals surface area contributed by atoms with Gasteiger partial charge in [-0.3, -0.25) is 9.69 Å². The third-order valence-corrected chi connectivity index (χ3v) is 6.27. The third-order valence-electron chi connectivity index (χ3n) is 6.27. The Morgan fingerprint density at radius 3 is 2.61 bits per heavy atom. The molecule has 2 fully saturated rings. The molecule has 0 radical (unpaired) electrons. The van der Waals surface area contributed by atoms with Crippen molar-refractivity contribution >= 4 is 5.91 Å². The molecule has 1 aromatic carbocycles. The molecule has 28 heavy (non-hydrogen) atoms. The summed E-state index contributed by atoms with van der Waals surface area (Å²) < 4.78 is 33.2. The first-order chi connectivity index (χ1) is 13.5. The normalized spacial score (nSPS) is 23.3. The zero-order valence-corrected chi connectivity index (χ0v) is 16.2. The zero-order chi connectivity index (χ0) is 19.7. The van der Waals surface area contributed by atoms with Crippen LogP contribution in [0.4, 0.5) is 8.78 Å². The van der Waals surface area contributed by atoms with Crippen LogP contribution in [0.2, 0.25) is 0 Å². The molecule has 6 heteroatoms. The molecule has 0 aliphatic carbocycles. The molecule has 2 aliphatic heterocycles. The fourth-order valence-electron chi connectivity index (χ4n) is 4.76. The highest BCUT2D eigenvalue weighted by Gasteiger charge is 2.42. The van der Waals surface area contributed by atoms with Gasteiger partial charge < -0.3 is 9.32 Å². The fraction of sp³-hybridized carbons (Fsp3) is 0.500. The summed E-state index contributed by atoms with van der Waals surface area (Å²) >= 11 is 0. The van der Waals surface area contributed by atoms with Gasteiger partial charge in [0.1, 0.15) is 17.4 Å². The van der Waals surface area contributed by atoms with Gasteiger partial charge in [0.25, 0.3) is 5.91 Å². The zero-order valence-electron chi connectivity index (χ0n) is 16.2. The second-order valence-electron chi connectivity index (χ2n) is 8.04. The molecule has 1 atom stereocenters. The van der Waals surface area contributed by atoms with Crippen LogP contribution in [-0.2, 0) is 6.54 Å². The van der Waals surface area contributed by atoms with Gasteiger partial charge in [-0.1, -0.05) is 0 Å². The van der Waals surface area contributed by atoms with E-state index in [-0.39, 0.29) is 17.3 Å². The Morgan fingerprint density at radius 1 is 1.07 bits per heavy atom. The van der Waals surface area contributed by atoms with Gasteiger partial charge in [0.2, 0.25) is 0 Å². The van der Waals surface area contributed by atoms with Crippen molar-refractivity contribution in [2.75, 3.05) is 19.6 Å². The number of amides is 1. The smallest absolute Gasteiger partial charge is 0.289 e. The molecule has 1 spiro atoms. The Labute approximate surface area is 164 Å². The number of aryl methyl sites for hydroxylation is 1. The van der Waals surface area contributed by atoms with Gasteiger partial charge >= 0.3 is 0 Å². The number of benzene rings is 1. The number of carbonyl (C=O) groups is 1. The first-order valence-corrected chi connectivity index (χ1v) is 10.0. The molecule has 0 bridgehead atoms. The van der Waals surface area contributed by atoms with Crippen LogP contribution in [0.1, 0.15) is 54.0 Å². The maximum absolute atomic E-state index is 14.2. The predicted molar refractivity (Wildman–Crippen MR) is 102 cm³/mol. The first kappa shape index (κ1) is 19.1. The third kappa shape index (κ3) is 3.70. The van der Waals surface area contributed by atoms with E-state index in [9.17, 15) is 13.6 Å². The molecular formula is C22H26F2N2O2. The van der Waals surface area contributed by atoms with Gasteiger partial charge in [-0.05, 0) is 75.9 Å². The first-order valence-electron chi connectivity index (χ1n) is 10.0. The number of hydrogen-bond acceptors (Lipinski definition) is 3. The number of hydrogen-bond donors (Lipinski definition) is 0. The van der Waals surface area contributed by atoms with E-state index in [1.165, 1.54) is 12.1 Å². The van der Waals surface area contributed by atoms with Crippen LogP contribution in [0.5, 0.6) is 0 Å². The average Bonchev–Trinajstić information content (AvgIpc) is 3.20. The molecule has 4 rings (SSSR count). The van der Waals surface area contributed by atoms with E-state index in [0.717, 1.165) is 50.5 Å². The molecule has 2 aromatic rings. The number of likely N-dealkylation sites (tertiary alicyclic amines) is 2. The summed E-state index contributed by atoms with van der Waals surface area (Å²) in [4.78, 5) is 16.9. The van der Waals surface area contributed by atoms with Crippen molar-refractivity contribution in [3.05, 3.63) is 59.1 Å². The lowest BCUT2D eigenvalue weighted by atomic mass is 9.87. The Balaban J connectivity index is 1.48. The lowest BCUT2D eigenvalue weighted by Gasteiger charge is -2.38. The van der Waals surface area contributed by atoms with Crippen LogP contribution in [0.15, 0.2) is 34.7 Å². The Kier molecular flexibility index (Phi) is 5.23. The number of nitrogens with zero attached hydrogens (tertiary/aromatic N) is 2. The number of carbonyl (C=O) groups excluding carboxylic acids is 1. The van der Waals surface area contributed by atoms with Crippen molar-refractivity contribution in [2.24, 2.45) is 0 Å². The topological polar surface area (TPSA) is 36.7 Å². The van der Waals surface area contributed by atoms with E-state index in [1.54, 1.807) is 12.1 Å². The van der Waals surface area contributed by atoms with Crippen LogP contribution in [0.3, 0.4) is 0 Å². The molecule has 0 N–H and O–H groups in total. The number of halogens is 2. The van der Waals surface area contributed by atoms with Gasteiger partial charge in [-0.2, -0.15) is 0 Å². The van der Waals surface area contributed by atoms with Gasteiger partial charge in [-0.25, -0.2) is 8.78 Å². The highest BCUT2D eigenvalue weighted by molar-refractivity contribution is 5.91. The standard InChI is InChI=1S/C22H26F2N2O2/c1-16-4-7-20(28-16)21(27)25-11-2-8-22(10-13-25)9-3-12-26(22)15-17-14-18(23)5-6-19(17)24/h4-7,14H,2-3,8-13,15H2,1H3/t22-/m1/s1. The van der Waals surface area contributed by atoms with Crippen molar-refractivity contribution in [2.45, 2.75) is 51.1 Å². The predicted octanol–water partition coefficient (Wildman–Crippen LogP) is 4.53. The fourth-order valence-corrected chi connectivity index (χ4v) is 4.76. The second kappa shape index (κ2) is 7.66. The summed E-state index contributed by atoms with van der Waals surface area (Å²) in [6, 6.07) is 7.19. The van der Waals surface area contributed by atoms with Crippen LogP contribution >= 0.6 is 0 Å². The molecule has 3 heterocycles. The van der Waals surface area contributed by atoms with Crippen molar-refractivity contribution in [1.29, 1.82) is 0 Å². The van der Waals surface area contributed by atoms with E-state index >= 15 is 0 Å². The van der Waals surface area contributed by atoms with E-state index < -0.39 is 5.82 Å². The number of rotatable bonds is 3. The van der Waals surface area contributed by atoms with E-state index in [1.807, 2.05) is 11.8 Å². The van der Waals surface area contributed by atoms with Gasteiger partial charge in [0.05, 0.1) is 0 Å². The highest BCUT2D eigenvalue weighted by atomic mass is 19.1. The minimum Gasteiger partial charge on any atom is -0.456 e. The molecule has 2 aliphatic rings. The Morgan fingerprint density at radius 2 is 1.86 bits per heavy atom. The molecule has 4 nitrogen and oxygen atoms in total. The van der Waals surface area contributed by atoms with E-state index in [4.69, 9.17) is 4.42 Å². The Bertz CT molecular complexity index is 866. The summed E-state index contributed by atoms with van der Waals surface area (Å²) in [6.07, 6.45) is 4.78. The molecular weight excluding hydrogens is 362 g/mol. The lowest BCUT2D eigenvalue weighted by molar-refractivity contribution is 0.0705. The van der Waals surface area contributed by atoms with Gasteiger partial charge in [0.15, 0.2) is 5.76 Å². The van der Waals surface area contributed by atoms with Crippen molar-refractivity contribution in [1.82, 2.24) is 9.80 Å². The highest BCUT2D eigenvalue weighted by Crippen LogP contribution is 2.39. The monoisotopic (exact) mass is 388 g/mol. The maximum atomic E-state index is 14.2. The van der Waals surface area contributed by atoms with E-state index in [0.29, 0.717) is 31.0 Å². The molecule has 0 saturated carbocycles. The van der Waals surface area contributed by atoms with Crippen LogP contribution in [0.25, 0.3) is 0 Å². The van der Waals surface area contributed by atoms with Crippen molar-refractivity contribution in [3.63, 3.8) is 0 Å². The Hall–Kier alpha value is -2.21. The summed E-state index contributed by atoms with van der Waals surface area (Å²) in [6.45, 7) is 4.47. The van der Waals surface area contributed by atoms with E-state index in [2.05, 4.69) is 4.90 Å². The summed E-state index contributed by atoms with van der Waals surface area (Å²) in [7, 11) is 0. The average molecular weight is 388 g/mol. The minimum atomic E-state index is -0.406. The summed E-state index contributed by atoms with van der Waals surface area (Å²) in [5.41, 5.74) is 0.358. The van der Waals surface area contributed by atoms with Gasteiger partial charge in [0, 0.05) is 30.7 Å². The second-order valence-corrected chi connectivity index (χ2v) is 8.04. The van der Waals surface area contributed by atoms with Crippen LogP contribution in [0, 0.1) is 18.6 Å². The minimum absolute atomic E-state index is 0.0487. The SMILES string of the molecule is Cc1ccc(C(=O)N2CCC[C@@]3(CCCN3Cc3cc(F)ccc3F)CC2)o1. The molecule has 0 unspecified atom stereocenters.